The van der Waals surface area contributed by atoms with Gasteiger partial charge in [-0.1, -0.05) is 39.0 Å². The Balaban J connectivity index is 2.19. The Morgan fingerprint density at radius 2 is 1.95 bits per heavy atom. The molecule has 0 aliphatic carbocycles. The summed E-state index contributed by atoms with van der Waals surface area (Å²) in [7, 11) is 0. The molecule has 100 valence electrons. The van der Waals surface area contributed by atoms with Gasteiger partial charge in [-0.2, -0.15) is 0 Å². The van der Waals surface area contributed by atoms with Gasteiger partial charge in [0.25, 0.3) is 0 Å². The van der Waals surface area contributed by atoms with Crippen LogP contribution in [0.15, 0.2) is 18.2 Å². The number of para-hydroxylation sites is 1. The van der Waals surface area contributed by atoms with Gasteiger partial charge in [0.15, 0.2) is 0 Å². The van der Waals surface area contributed by atoms with Gasteiger partial charge >= 0.3 is 11.9 Å². The van der Waals surface area contributed by atoms with Crippen molar-refractivity contribution in [1.29, 1.82) is 0 Å². The van der Waals surface area contributed by atoms with Crippen molar-refractivity contribution in [1.82, 2.24) is 0 Å². The number of benzene rings is 1. The first-order chi connectivity index (χ1) is 8.84. The van der Waals surface area contributed by atoms with Crippen LogP contribution in [0.25, 0.3) is 0 Å². The maximum Gasteiger partial charge on any atom is 0.360 e. The van der Waals surface area contributed by atoms with Crippen molar-refractivity contribution in [2.24, 2.45) is 0 Å². The van der Waals surface area contributed by atoms with Crippen molar-refractivity contribution in [3.8, 4) is 5.75 Å². The van der Waals surface area contributed by atoms with E-state index in [1.807, 2.05) is 18.2 Å². The van der Waals surface area contributed by atoms with Crippen LogP contribution in [0, 0.1) is 0 Å². The van der Waals surface area contributed by atoms with Crippen molar-refractivity contribution < 1.29 is 19.1 Å². The molecule has 0 saturated carbocycles. The highest BCUT2D eigenvalue weighted by Crippen LogP contribution is 2.50. The molecule has 1 saturated heterocycles. The van der Waals surface area contributed by atoms with Crippen molar-refractivity contribution in [3.05, 3.63) is 29.3 Å². The highest BCUT2D eigenvalue weighted by Gasteiger charge is 2.57. The van der Waals surface area contributed by atoms with E-state index < -0.39 is 11.6 Å². The van der Waals surface area contributed by atoms with E-state index in [0.717, 1.165) is 5.56 Å². The Kier molecular flexibility index (Phi) is 2.31. The summed E-state index contributed by atoms with van der Waals surface area (Å²) in [6.07, 6.45) is 0.625. The van der Waals surface area contributed by atoms with E-state index in [1.54, 1.807) is 0 Å². The topological polar surface area (TPSA) is 52.6 Å². The van der Waals surface area contributed by atoms with Crippen molar-refractivity contribution in [2.45, 2.75) is 44.6 Å². The fraction of sp³-hybridized carbons (Fsp3) is 0.467. The fourth-order valence-corrected chi connectivity index (χ4v) is 2.75. The lowest BCUT2D eigenvalue weighted by Gasteiger charge is -2.22. The number of hydrogen-bond donors (Lipinski definition) is 0. The lowest BCUT2D eigenvalue weighted by molar-refractivity contribution is -0.165. The molecular weight excluding hydrogens is 244 g/mol. The van der Waals surface area contributed by atoms with Crippen molar-refractivity contribution in [3.63, 3.8) is 0 Å². The summed E-state index contributed by atoms with van der Waals surface area (Å²) in [5.74, 6) is -0.245. The second kappa shape index (κ2) is 3.59. The Morgan fingerprint density at radius 3 is 2.53 bits per heavy atom. The SMILES string of the molecule is CC(C)(C)c1cccc2c1OC(=O)C21CCC(=O)O1. The first kappa shape index (κ1) is 12.2. The maximum atomic E-state index is 12.2. The molecule has 4 heteroatoms. The van der Waals surface area contributed by atoms with Crippen LogP contribution in [0.1, 0.15) is 44.7 Å². The first-order valence-electron chi connectivity index (χ1n) is 6.43. The summed E-state index contributed by atoms with van der Waals surface area (Å²) in [4.78, 5) is 23.6. The number of ether oxygens (including phenoxy) is 2. The second-order valence-electron chi connectivity index (χ2n) is 6.12. The predicted octanol–water partition coefficient (Wildman–Crippen LogP) is 2.44. The van der Waals surface area contributed by atoms with E-state index >= 15 is 0 Å². The number of fused-ring (bicyclic) bond motifs is 2. The third-order valence-electron chi connectivity index (χ3n) is 3.75. The van der Waals surface area contributed by atoms with Crippen molar-refractivity contribution >= 4 is 11.9 Å². The molecule has 0 bridgehead atoms. The molecule has 1 spiro atoms. The molecule has 4 nitrogen and oxygen atoms in total. The molecule has 0 N–H and O–H groups in total. The molecule has 19 heavy (non-hydrogen) atoms. The van der Waals surface area contributed by atoms with E-state index in [-0.39, 0.29) is 17.8 Å². The molecule has 3 rings (SSSR count). The fourth-order valence-electron chi connectivity index (χ4n) is 2.75. The molecule has 1 unspecified atom stereocenters. The van der Waals surface area contributed by atoms with Gasteiger partial charge in [0.05, 0.1) is 12.0 Å². The quantitative estimate of drug-likeness (QED) is 0.531. The van der Waals surface area contributed by atoms with E-state index in [1.165, 1.54) is 0 Å². The molecule has 0 amide bonds. The minimum Gasteiger partial charge on any atom is -0.442 e. The monoisotopic (exact) mass is 260 g/mol. The average molecular weight is 260 g/mol. The van der Waals surface area contributed by atoms with Crippen LogP contribution < -0.4 is 4.74 Å². The van der Waals surface area contributed by atoms with Crippen LogP contribution >= 0.6 is 0 Å². The zero-order valence-electron chi connectivity index (χ0n) is 11.3. The van der Waals surface area contributed by atoms with Gasteiger partial charge in [0.1, 0.15) is 5.75 Å². The average Bonchev–Trinajstić information content (AvgIpc) is 2.82. The zero-order chi connectivity index (χ0) is 13.8. The summed E-state index contributed by atoms with van der Waals surface area (Å²) < 4.78 is 10.7. The molecule has 1 fully saturated rings. The third kappa shape index (κ3) is 1.59. The lowest BCUT2D eigenvalue weighted by Crippen LogP contribution is -2.33. The molecular formula is C15H16O4. The number of rotatable bonds is 0. The third-order valence-corrected chi connectivity index (χ3v) is 3.75. The van der Waals surface area contributed by atoms with Gasteiger partial charge in [-0.05, 0) is 5.41 Å². The van der Waals surface area contributed by atoms with Crippen molar-refractivity contribution in [2.75, 3.05) is 0 Å². The van der Waals surface area contributed by atoms with Gasteiger partial charge < -0.3 is 9.47 Å². The number of esters is 2. The normalized spacial score (nSPS) is 25.4. The van der Waals surface area contributed by atoms with E-state index in [9.17, 15) is 9.59 Å². The molecule has 2 heterocycles. The summed E-state index contributed by atoms with van der Waals surface area (Å²) in [5.41, 5.74) is 0.307. The second-order valence-corrected chi connectivity index (χ2v) is 6.12. The van der Waals surface area contributed by atoms with E-state index in [4.69, 9.17) is 9.47 Å². The lowest BCUT2D eigenvalue weighted by atomic mass is 9.83. The van der Waals surface area contributed by atoms with Gasteiger partial charge in [-0.15, -0.1) is 0 Å². The number of carbonyl (C=O) groups is 2. The molecule has 1 aromatic carbocycles. The number of hydrogen-bond acceptors (Lipinski definition) is 4. The minimum atomic E-state index is -1.20. The Morgan fingerprint density at radius 1 is 1.21 bits per heavy atom. The first-order valence-corrected chi connectivity index (χ1v) is 6.43. The Labute approximate surface area is 111 Å². The van der Waals surface area contributed by atoms with Crippen LogP contribution in [0.4, 0.5) is 0 Å². The predicted molar refractivity (Wildman–Crippen MR) is 67.8 cm³/mol. The highest BCUT2D eigenvalue weighted by molar-refractivity contribution is 5.94. The molecule has 1 atom stereocenters. The Hall–Kier alpha value is -1.84. The summed E-state index contributed by atoms with van der Waals surface area (Å²) in [6, 6.07) is 5.64. The maximum absolute atomic E-state index is 12.2. The van der Waals surface area contributed by atoms with E-state index in [2.05, 4.69) is 20.8 Å². The number of carbonyl (C=O) groups excluding carboxylic acids is 2. The van der Waals surface area contributed by atoms with Crippen LogP contribution in [-0.2, 0) is 25.3 Å². The molecule has 1 aromatic rings. The van der Waals surface area contributed by atoms with Gasteiger partial charge in [0.2, 0.25) is 5.60 Å². The summed E-state index contributed by atoms with van der Waals surface area (Å²) in [5, 5.41) is 0. The summed E-state index contributed by atoms with van der Waals surface area (Å²) in [6.45, 7) is 6.17. The molecule has 2 aliphatic rings. The van der Waals surface area contributed by atoms with E-state index in [0.29, 0.717) is 17.7 Å². The van der Waals surface area contributed by atoms with Crippen LogP contribution in [0.5, 0.6) is 5.75 Å². The largest absolute Gasteiger partial charge is 0.442 e. The standard InChI is InChI=1S/C15H16O4/c1-14(2,3)9-5-4-6-10-12(9)18-13(17)15(10)8-7-11(16)19-15/h4-6H,7-8H2,1-3H3. The van der Waals surface area contributed by atoms with Crippen LogP contribution in [-0.4, -0.2) is 11.9 Å². The minimum absolute atomic E-state index is 0.139. The van der Waals surface area contributed by atoms with Gasteiger partial charge in [0, 0.05) is 12.0 Å². The van der Waals surface area contributed by atoms with Gasteiger partial charge in [-0.25, -0.2) is 4.79 Å². The van der Waals surface area contributed by atoms with Crippen LogP contribution in [0.3, 0.4) is 0 Å². The summed E-state index contributed by atoms with van der Waals surface area (Å²) >= 11 is 0. The van der Waals surface area contributed by atoms with Crippen LogP contribution in [0.2, 0.25) is 0 Å². The molecule has 0 radical (unpaired) electrons. The highest BCUT2D eigenvalue weighted by atomic mass is 16.6. The van der Waals surface area contributed by atoms with Gasteiger partial charge in [-0.3, -0.25) is 4.79 Å². The molecule has 2 aliphatic heterocycles. The zero-order valence-corrected chi connectivity index (χ0v) is 11.3. The smallest absolute Gasteiger partial charge is 0.360 e. The Bertz CT molecular complexity index is 582. The molecule has 0 aromatic heterocycles.